The average Bonchev–Trinajstić information content (AvgIpc) is 3.06. The molecule has 11 heteroatoms. The van der Waals surface area contributed by atoms with Crippen molar-refractivity contribution in [2.24, 2.45) is 5.92 Å². The molecule has 0 saturated carbocycles. The molecule has 0 radical (unpaired) electrons. The van der Waals surface area contributed by atoms with Crippen LogP contribution in [-0.4, -0.2) is 62.9 Å². The van der Waals surface area contributed by atoms with Crippen LogP contribution in [0.2, 0.25) is 0 Å². The monoisotopic (exact) mass is 617 g/mol. The third-order valence-electron chi connectivity index (χ3n) is 7.91. The van der Waals surface area contributed by atoms with E-state index >= 15 is 0 Å². The summed E-state index contributed by atoms with van der Waals surface area (Å²) < 4.78 is 0. The second kappa shape index (κ2) is 14.8. The Morgan fingerprint density at radius 2 is 1.22 bits per heavy atom. The summed E-state index contributed by atoms with van der Waals surface area (Å²) in [5.74, 6) is -3.02. The Morgan fingerprint density at radius 1 is 0.696 bits per heavy atom. The van der Waals surface area contributed by atoms with Gasteiger partial charge in [0.25, 0.3) is 5.91 Å². The van der Waals surface area contributed by atoms with Crippen LogP contribution in [0, 0.1) is 5.92 Å². The fraction of sp³-hybridized carbons (Fsp3) is 0.229. The van der Waals surface area contributed by atoms with E-state index in [1.54, 1.807) is 13.8 Å². The van der Waals surface area contributed by atoms with Crippen molar-refractivity contribution in [3.63, 3.8) is 0 Å². The minimum atomic E-state index is -1.80. The summed E-state index contributed by atoms with van der Waals surface area (Å²) in [6.07, 6.45) is 4.40. The number of benzene rings is 4. The molecule has 4 aromatic carbocycles. The molecular weight excluding hydrogens is 581 g/mol. The van der Waals surface area contributed by atoms with Crippen molar-refractivity contribution >= 4 is 46.4 Å². The fourth-order valence-corrected chi connectivity index (χ4v) is 5.39. The fourth-order valence-electron chi connectivity index (χ4n) is 5.39. The molecule has 0 saturated heterocycles. The van der Waals surface area contributed by atoms with Crippen molar-refractivity contribution in [1.29, 1.82) is 0 Å². The maximum atomic E-state index is 14.0. The summed E-state index contributed by atoms with van der Waals surface area (Å²) in [5, 5.41) is 32.2. The minimum Gasteiger partial charge on any atom is -0.426 e. The Bertz CT molecular complexity index is 1830. The number of fused-ring (bicyclic) bond motifs is 2. The molecule has 1 aromatic heterocycles. The topological polar surface area (TPSA) is 154 Å². The molecule has 0 aliphatic carbocycles. The van der Waals surface area contributed by atoms with Gasteiger partial charge in [0, 0.05) is 25.2 Å². The van der Waals surface area contributed by atoms with Gasteiger partial charge in [0.05, 0.1) is 12.1 Å². The molecule has 5 N–H and O–H groups in total. The van der Waals surface area contributed by atoms with Crippen LogP contribution in [0.5, 0.6) is 0 Å². The highest BCUT2D eigenvalue weighted by atomic mass is 16.4. The van der Waals surface area contributed by atoms with E-state index < -0.39 is 42.9 Å². The molecule has 0 aliphatic heterocycles. The van der Waals surface area contributed by atoms with E-state index in [1.165, 1.54) is 18.6 Å². The lowest BCUT2D eigenvalue weighted by Crippen LogP contribution is -2.58. The van der Waals surface area contributed by atoms with E-state index in [2.05, 4.69) is 25.9 Å². The normalized spacial score (nSPS) is 13.2. The average molecular weight is 618 g/mol. The summed E-state index contributed by atoms with van der Waals surface area (Å²) in [7, 11) is -1.80. The smallest absolute Gasteiger partial charge is 0.426 e. The highest BCUT2D eigenvalue weighted by molar-refractivity contribution is 6.43. The maximum Gasteiger partial charge on any atom is 0.475 e. The van der Waals surface area contributed by atoms with E-state index in [-0.39, 0.29) is 24.5 Å². The standard InChI is InChI=1S/C35H36BN5O5/c1-22(2)32(36(45)46)41-34(43)30(20-24-12-14-26-8-4-6-10-28(26)18-24)39-33(42)29(40-35(44)31-21-37-15-16-38-31)19-23-11-13-25-7-3-5-9-27(25)17-23/h3-18,21-22,29-30,32,45-46H,19-20H2,1-2H3,(H,39,42)(H,40,44)(H,41,43)/t29-,30-,32?/m0/s1. The van der Waals surface area contributed by atoms with Gasteiger partial charge >= 0.3 is 7.12 Å². The second-order valence-electron chi connectivity index (χ2n) is 11.6. The van der Waals surface area contributed by atoms with Crippen molar-refractivity contribution in [2.75, 3.05) is 0 Å². The van der Waals surface area contributed by atoms with Crippen LogP contribution in [0.15, 0.2) is 104 Å². The number of nitrogens with zero attached hydrogens (tertiary/aromatic N) is 2. The second-order valence-corrected chi connectivity index (χ2v) is 11.6. The largest absolute Gasteiger partial charge is 0.475 e. The molecular formula is C35H36BN5O5. The molecule has 0 spiro atoms. The van der Waals surface area contributed by atoms with Gasteiger partial charge in [0.15, 0.2) is 0 Å². The lowest BCUT2D eigenvalue weighted by molar-refractivity contribution is -0.130. The molecule has 0 aliphatic rings. The summed E-state index contributed by atoms with van der Waals surface area (Å²) in [6.45, 7) is 3.51. The van der Waals surface area contributed by atoms with E-state index in [4.69, 9.17) is 0 Å². The molecule has 234 valence electrons. The highest BCUT2D eigenvalue weighted by Gasteiger charge is 2.33. The van der Waals surface area contributed by atoms with Gasteiger partial charge in [0.1, 0.15) is 17.8 Å². The number of amides is 3. The van der Waals surface area contributed by atoms with Gasteiger partial charge in [-0.2, -0.15) is 0 Å². The molecule has 5 aromatic rings. The van der Waals surface area contributed by atoms with Crippen molar-refractivity contribution in [2.45, 2.75) is 44.7 Å². The van der Waals surface area contributed by atoms with Crippen molar-refractivity contribution in [1.82, 2.24) is 25.9 Å². The molecule has 3 amide bonds. The lowest BCUT2D eigenvalue weighted by Gasteiger charge is -2.27. The molecule has 1 heterocycles. The number of rotatable bonds is 12. The highest BCUT2D eigenvalue weighted by Crippen LogP contribution is 2.19. The number of aromatic nitrogens is 2. The first-order valence-electron chi connectivity index (χ1n) is 15.2. The third kappa shape index (κ3) is 8.12. The number of carbonyl (C=O) groups is 3. The predicted octanol–water partition coefficient (Wildman–Crippen LogP) is 3.00. The van der Waals surface area contributed by atoms with E-state index in [0.717, 1.165) is 32.7 Å². The molecule has 0 bridgehead atoms. The summed E-state index contributed by atoms with van der Waals surface area (Å²) in [5.41, 5.74) is 1.64. The van der Waals surface area contributed by atoms with Crippen molar-refractivity contribution in [3.05, 3.63) is 120 Å². The molecule has 3 atom stereocenters. The van der Waals surface area contributed by atoms with Gasteiger partial charge in [0.2, 0.25) is 11.8 Å². The number of nitrogens with one attached hydrogen (secondary N) is 3. The third-order valence-corrected chi connectivity index (χ3v) is 7.91. The van der Waals surface area contributed by atoms with Crippen LogP contribution in [0.4, 0.5) is 0 Å². The van der Waals surface area contributed by atoms with E-state index in [9.17, 15) is 24.4 Å². The van der Waals surface area contributed by atoms with Crippen LogP contribution in [-0.2, 0) is 22.4 Å². The van der Waals surface area contributed by atoms with Gasteiger partial charge in [-0.15, -0.1) is 0 Å². The van der Waals surface area contributed by atoms with Gasteiger partial charge in [-0.3, -0.25) is 19.4 Å². The van der Waals surface area contributed by atoms with Crippen LogP contribution >= 0.6 is 0 Å². The van der Waals surface area contributed by atoms with E-state index in [0.29, 0.717) is 0 Å². The zero-order valence-corrected chi connectivity index (χ0v) is 25.6. The van der Waals surface area contributed by atoms with Crippen molar-refractivity contribution in [3.8, 4) is 0 Å². The zero-order valence-electron chi connectivity index (χ0n) is 25.6. The van der Waals surface area contributed by atoms with Crippen LogP contribution in [0.1, 0.15) is 35.5 Å². The quantitative estimate of drug-likeness (QED) is 0.135. The van der Waals surface area contributed by atoms with Gasteiger partial charge in [-0.1, -0.05) is 98.8 Å². The SMILES string of the molecule is CC(C)C(NC(=O)[C@H](Cc1ccc2ccccc2c1)NC(=O)[C@H](Cc1ccc2ccccc2c1)NC(=O)c1cnccn1)B(O)O. The number of hydrogen-bond acceptors (Lipinski definition) is 7. The first-order valence-corrected chi connectivity index (χ1v) is 15.2. The molecule has 10 nitrogen and oxygen atoms in total. The Morgan fingerprint density at radius 3 is 1.72 bits per heavy atom. The first-order chi connectivity index (χ1) is 22.2. The van der Waals surface area contributed by atoms with Gasteiger partial charge in [-0.05, 0) is 38.6 Å². The Balaban J connectivity index is 1.44. The van der Waals surface area contributed by atoms with Crippen LogP contribution < -0.4 is 16.0 Å². The molecule has 1 unspecified atom stereocenters. The summed E-state index contributed by atoms with van der Waals surface area (Å²) in [6, 6.07) is 25.0. The number of hydrogen-bond donors (Lipinski definition) is 5. The summed E-state index contributed by atoms with van der Waals surface area (Å²) >= 11 is 0. The lowest BCUT2D eigenvalue weighted by atomic mass is 9.73. The Hall–Kier alpha value is -5.13. The summed E-state index contributed by atoms with van der Waals surface area (Å²) in [4.78, 5) is 48.9. The minimum absolute atomic E-state index is 0.0426. The Labute approximate surface area is 267 Å². The zero-order chi connectivity index (χ0) is 32.6. The van der Waals surface area contributed by atoms with Gasteiger partial charge in [-0.25, -0.2) is 4.98 Å². The van der Waals surface area contributed by atoms with Crippen LogP contribution in [0.3, 0.4) is 0 Å². The predicted molar refractivity (Wildman–Crippen MR) is 177 cm³/mol. The molecule has 0 fully saturated rings. The first kappa shape index (κ1) is 32.3. The van der Waals surface area contributed by atoms with Crippen LogP contribution in [0.25, 0.3) is 21.5 Å². The van der Waals surface area contributed by atoms with Crippen molar-refractivity contribution < 1.29 is 24.4 Å². The molecule has 5 rings (SSSR count). The van der Waals surface area contributed by atoms with Gasteiger partial charge < -0.3 is 26.0 Å². The molecule has 46 heavy (non-hydrogen) atoms. The Kier molecular flexibility index (Phi) is 10.4. The maximum absolute atomic E-state index is 14.0. The van der Waals surface area contributed by atoms with E-state index in [1.807, 2.05) is 84.9 Å². The number of carbonyl (C=O) groups excluding carboxylic acids is 3.